The summed E-state index contributed by atoms with van der Waals surface area (Å²) in [7, 11) is 0. The number of hydrogen-bond acceptors (Lipinski definition) is 0. The van der Waals surface area contributed by atoms with E-state index in [-0.39, 0.29) is 0 Å². The van der Waals surface area contributed by atoms with Crippen molar-refractivity contribution in [1.29, 1.82) is 0 Å². The molecule has 1 aromatic rings. The molecule has 0 heterocycles. The van der Waals surface area contributed by atoms with Crippen molar-refractivity contribution in [2.75, 3.05) is 0 Å². The zero-order chi connectivity index (χ0) is 5.11. The molecule has 0 aliphatic rings. The molecule has 1 rings (SSSR count). The molecular formula is C7H7Rf-. The molecule has 0 nitrogen and oxygen atoms in total. The van der Waals surface area contributed by atoms with Gasteiger partial charge in [-0.3, -0.25) is 0 Å². The van der Waals surface area contributed by atoms with Crippen molar-refractivity contribution < 1.29 is 0 Å². The van der Waals surface area contributed by atoms with Crippen LogP contribution in [-0.2, 0) is 0 Å². The fraction of sp³-hybridized carbons (Fsp3) is 0.143. The summed E-state index contributed by atoms with van der Waals surface area (Å²) in [6, 6.07) is 10.8. The first kappa shape index (κ1) is 6.22. The van der Waals surface area contributed by atoms with Gasteiger partial charge in [-0.2, -0.15) is 35.9 Å². The second-order valence-electron chi connectivity index (χ2n) is 1.58. The maximum Gasteiger partial charge on any atom is 0 e. The third-order valence-electron chi connectivity index (χ3n) is 0.885. The maximum absolute atomic E-state index is 2.93. The first-order chi connectivity index (χ1) is 3.39. The van der Waals surface area contributed by atoms with Crippen LogP contribution < -0.4 is 0 Å². The first-order valence-electron chi connectivity index (χ1n) is 2.32. The second kappa shape index (κ2) is 2.40. The smallest absolute Gasteiger partial charge is 0 e. The average Bonchev–Trinajstić information content (AvgIpc) is 1.69. The van der Waals surface area contributed by atoms with Crippen LogP contribution in [0.25, 0.3) is 0 Å². The minimum absolute atomic E-state index is 0. The molecule has 0 amide bonds. The van der Waals surface area contributed by atoms with Crippen molar-refractivity contribution in [3.05, 3.63) is 35.9 Å². The van der Waals surface area contributed by atoms with Crippen LogP contribution in [0.15, 0.2) is 24.3 Å². The van der Waals surface area contributed by atoms with E-state index >= 15 is 0 Å². The van der Waals surface area contributed by atoms with Crippen LogP contribution in [0, 0.1) is 13.0 Å². The molecule has 1 heteroatoms. The van der Waals surface area contributed by atoms with Gasteiger partial charge in [0.2, 0.25) is 0 Å². The van der Waals surface area contributed by atoms with Crippen LogP contribution in [0.2, 0.25) is 0 Å². The van der Waals surface area contributed by atoms with Gasteiger partial charge in [0.25, 0.3) is 0 Å². The van der Waals surface area contributed by atoms with E-state index in [1.807, 2.05) is 24.3 Å². The Morgan fingerprint density at radius 3 is 2.00 bits per heavy atom. The summed E-state index contributed by atoms with van der Waals surface area (Å²) in [5.41, 5.74) is 1.29. The molecule has 0 aliphatic heterocycles. The van der Waals surface area contributed by atoms with Gasteiger partial charge in [-0.15, -0.1) is 0 Å². The molecule has 1 aromatic carbocycles. The second-order valence-corrected chi connectivity index (χ2v) is 1.58. The Hall–Kier alpha value is -1.78. The van der Waals surface area contributed by atoms with Gasteiger partial charge >= 0.3 is 0 Å². The van der Waals surface area contributed by atoms with Crippen LogP contribution in [0.3, 0.4) is 0 Å². The molecule has 0 radical (unpaired) electrons. The predicted octanol–water partition coefficient (Wildman–Crippen LogP) is 1.80. The minimum Gasteiger partial charge on any atom is -0.184 e. The van der Waals surface area contributed by atoms with E-state index in [4.69, 9.17) is 0 Å². The normalized spacial score (nSPS) is 7.62. The zero-order valence-corrected chi connectivity index (χ0v) is 11.4. The van der Waals surface area contributed by atoms with Crippen LogP contribution in [0.1, 0.15) is 5.56 Å². The Kier molecular flexibility index (Phi) is 1.87. The summed E-state index contributed by atoms with van der Waals surface area (Å²) in [6.45, 7) is 2.06. The molecule has 8 heavy (non-hydrogen) atoms. The van der Waals surface area contributed by atoms with Gasteiger partial charge in [0.15, 0.2) is 0 Å². The Balaban J connectivity index is 0.000000490. The van der Waals surface area contributed by atoms with Gasteiger partial charge in [0.1, 0.15) is 0 Å². The minimum atomic E-state index is 0. The van der Waals surface area contributed by atoms with Crippen LogP contribution in [0.5, 0.6) is 0 Å². The van der Waals surface area contributed by atoms with Crippen molar-refractivity contribution >= 4 is 0 Å². The van der Waals surface area contributed by atoms with E-state index in [1.165, 1.54) is 5.56 Å². The fourth-order valence-corrected chi connectivity index (χ4v) is 0.470. The van der Waals surface area contributed by atoms with E-state index in [0.717, 1.165) is 0 Å². The average molecular weight is 358 g/mol. The maximum atomic E-state index is 2.93. The van der Waals surface area contributed by atoms with Crippen molar-refractivity contribution in [2.24, 2.45) is 0 Å². The molecule has 0 saturated carbocycles. The van der Waals surface area contributed by atoms with Gasteiger partial charge in [0, 0.05) is 0 Å². The Morgan fingerprint density at radius 1 is 1.25 bits per heavy atom. The number of hydrogen-bond donors (Lipinski definition) is 0. The summed E-state index contributed by atoms with van der Waals surface area (Å²) < 4.78 is 0. The third kappa shape index (κ3) is 1.13. The standard InChI is InChI=1S/C7H7.Rf/c1-7-5-3-2-4-6-7;/h3-6H,1H3;/q-1;. The van der Waals surface area contributed by atoms with Crippen molar-refractivity contribution in [1.82, 2.24) is 0 Å². The van der Waals surface area contributed by atoms with Crippen LogP contribution in [-0.4, -0.2) is 0 Å². The first-order valence-corrected chi connectivity index (χ1v) is 2.32. The zero-order valence-electron chi connectivity index (χ0n) is 5.02. The van der Waals surface area contributed by atoms with Gasteiger partial charge in [0.05, 0.1) is 0 Å². The van der Waals surface area contributed by atoms with Crippen molar-refractivity contribution in [3.63, 3.8) is 0 Å². The summed E-state index contributed by atoms with van der Waals surface area (Å²) in [5, 5.41) is 0. The molecule has 0 N–H and O–H groups in total. The van der Waals surface area contributed by atoms with Crippen LogP contribution >= 0.6 is 0 Å². The van der Waals surface area contributed by atoms with Gasteiger partial charge in [-0.1, -0.05) is 6.92 Å². The van der Waals surface area contributed by atoms with Gasteiger partial charge in [-0.05, 0) is 0 Å². The quantitative estimate of drug-likeness (QED) is 0.621. The van der Waals surface area contributed by atoms with E-state index in [2.05, 4.69) is 13.0 Å². The van der Waals surface area contributed by atoms with E-state index in [0.29, 0.717) is 0 Å². The van der Waals surface area contributed by atoms with Gasteiger partial charge in [-0.25, -0.2) is 0 Å². The third-order valence-corrected chi connectivity index (χ3v) is 0.885. The molecule has 38 valence electrons. The molecule has 0 aliphatic carbocycles. The predicted molar refractivity (Wildman–Crippen MR) is 30.0 cm³/mol. The van der Waals surface area contributed by atoms with Crippen molar-refractivity contribution in [2.45, 2.75) is 6.92 Å². The summed E-state index contributed by atoms with van der Waals surface area (Å²) >= 11 is 0. The van der Waals surface area contributed by atoms with Gasteiger partial charge < -0.3 is 0 Å². The topological polar surface area (TPSA) is 0 Å². The largest absolute Gasteiger partial charge is 0.184 e. The van der Waals surface area contributed by atoms with E-state index < -0.39 is 0 Å². The monoisotopic (exact) mass is 358 g/mol. The van der Waals surface area contributed by atoms with Crippen LogP contribution in [0.4, 0.5) is 0 Å². The number of rotatable bonds is 0. The number of benzene rings is 1. The Morgan fingerprint density at radius 2 is 1.75 bits per heavy atom. The molecule has 0 fully saturated rings. The Bertz CT molecular complexity index is 134. The Labute approximate surface area is 43.8 Å². The SMILES string of the molecule is Cc1cc[c-]cc1.[Rf]. The van der Waals surface area contributed by atoms with E-state index in [9.17, 15) is 0 Å². The molecule has 0 unspecified atom stereocenters. The molecule has 0 aromatic heterocycles. The fourth-order valence-electron chi connectivity index (χ4n) is 0.470. The summed E-state index contributed by atoms with van der Waals surface area (Å²) in [4.78, 5) is 0. The molecular weight excluding hydrogens is 351 g/mol. The molecule has 0 bridgehead atoms. The van der Waals surface area contributed by atoms with E-state index in [1.54, 1.807) is 0 Å². The summed E-state index contributed by atoms with van der Waals surface area (Å²) in [5.74, 6) is 0. The van der Waals surface area contributed by atoms with Crippen molar-refractivity contribution in [3.8, 4) is 0 Å². The number of aryl methyl sites for hydroxylation is 1. The molecule has 0 saturated heterocycles. The molecule has 0 atom stereocenters. The molecule has 0 spiro atoms. The summed E-state index contributed by atoms with van der Waals surface area (Å²) in [6.07, 6.45) is 0.